The number of rotatable bonds is 4. The minimum Gasteiger partial charge on any atom is -0.369 e. The summed E-state index contributed by atoms with van der Waals surface area (Å²) in [7, 11) is 0. The molecule has 3 nitrogen and oxygen atoms in total. The zero-order valence-corrected chi connectivity index (χ0v) is 8.25. The van der Waals surface area contributed by atoms with Crippen molar-refractivity contribution in [2.75, 3.05) is 11.9 Å². The predicted molar refractivity (Wildman–Crippen MR) is 57.0 cm³/mol. The average molecular weight is 187 g/mol. The Kier molecular flexibility index (Phi) is 3.69. The Hall–Kier alpha value is -1.82. The molecule has 0 saturated heterocycles. The molecule has 14 heavy (non-hydrogen) atoms. The smallest absolute Gasteiger partial charge is 0.144 e. The fourth-order valence-electron chi connectivity index (χ4n) is 1.07. The van der Waals surface area contributed by atoms with E-state index in [1.165, 1.54) is 0 Å². The molecule has 0 unspecified atom stereocenters. The molecule has 1 heterocycles. The minimum atomic E-state index is 0.583. The lowest BCUT2D eigenvalue weighted by Gasteiger charge is -2.06. The summed E-state index contributed by atoms with van der Waals surface area (Å²) in [6.07, 6.45) is 2.69. The van der Waals surface area contributed by atoms with Gasteiger partial charge >= 0.3 is 0 Å². The maximum absolute atomic E-state index is 8.82. The molecule has 0 amide bonds. The van der Waals surface area contributed by atoms with E-state index < -0.39 is 0 Å². The maximum atomic E-state index is 8.82. The van der Waals surface area contributed by atoms with Gasteiger partial charge < -0.3 is 5.32 Å². The van der Waals surface area contributed by atoms with Crippen molar-refractivity contribution in [1.82, 2.24) is 4.98 Å². The van der Waals surface area contributed by atoms with Crippen LogP contribution in [-0.2, 0) is 0 Å². The highest BCUT2D eigenvalue weighted by Gasteiger charge is 2.01. The lowest BCUT2D eigenvalue weighted by Crippen LogP contribution is -2.04. The van der Waals surface area contributed by atoms with Gasteiger partial charge in [0.25, 0.3) is 0 Å². The van der Waals surface area contributed by atoms with Gasteiger partial charge in [0.2, 0.25) is 0 Å². The monoisotopic (exact) mass is 187 g/mol. The van der Waals surface area contributed by atoms with Gasteiger partial charge in [-0.25, -0.2) is 4.98 Å². The fraction of sp³-hybridized carbons (Fsp3) is 0.273. The van der Waals surface area contributed by atoms with Crippen molar-refractivity contribution in [2.45, 2.75) is 13.3 Å². The van der Waals surface area contributed by atoms with Crippen LogP contribution in [0, 0.1) is 18.3 Å². The van der Waals surface area contributed by atoms with E-state index in [1.807, 2.05) is 19.1 Å². The molecule has 3 heteroatoms. The third kappa shape index (κ3) is 2.60. The number of hydrogen-bond acceptors (Lipinski definition) is 3. The first-order chi connectivity index (χ1) is 6.77. The van der Waals surface area contributed by atoms with E-state index in [-0.39, 0.29) is 0 Å². The van der Waals surface area contributed by atoms with E-state index in [2.05, 4.69) is 22.9 Å². The third-order valence-corrected chi connectivity index (χ3v) is 1.80. The molecule has 1 rings (SSSR count). The van der Waals surface area contributed by atoms with E-state index in [9.17, 15) is 0 Å². The Morgan fingerprint density at radius 1 is 1.64 bits per heavy atom. The lowest BCUT2D eigenvalue weighted by molar-refractivity contribution is 1.04. The fourth-order valence-corrected chi connectivity index (χ4v) is 1.07. The molecule has 0 aliphatic rings. The Bertz CT molecular complexity index is 363. The summed E-state index contributed by atoms with van der Waals surface area (Å²) in [6.45, 7) is 6.29. The summed E-state index contributed by atoms with van der Waals surface area (Å²) in [5.74, 6) is 0.661. The quantitative estimate of drug-likeness (QED) is 0.581. The molecule has 0 spiro atoms. The standard InChI is InChI=1S/C11H13N3/c1-3-4-7-13-11-10(8-12)6-5-9(2)14-11/h3,5-6H,1,4,7H2,2H3,(H,13,14). The Balaban J connectivity index is 2.78. The van der Waals surface area contributed by atoms with E-state index in [4.69, 9.17) is 5.26 Å². The number of aromatic nitrogens is 1. The molecule has 0 bridgehead atoms. The summed E-state index contributed by atoms with van der Waals surface area (Å²) < 4.78 is 0. The predicted octanol–water partition coefficient (Wildman–Crippen LogP) is 2.25. The van der Waals surface area contributed by atoms with Gasteiger partial charge in [0, 0.05) is 12.2 Å². The largest absolute Gasteiger partial charge is 0.369 e. The highest BCUT2D eigenvalue weighted by molar-refractivity contribution is 5.52. The molecule has 1 aromatic rings. The minimum absolute atomic E-state index is 0.583. The SMILES string of the molecule is C=CCCNc1nc(C)ccc1C#N. The van der Waals surface area contributed by atoms with Crippen LogP contribution in [0.3, 0.4) is 0 Å². The van der Waals surface area contributed by atoms with Gasteiger partial charge in [0.05, 0.1) is 5.56 Å². The van der Waals surface area contributed by atoms with Crippen molar-refractivity contribution >= 4 is 5.82 Å². The highest BCUT2D eigenvalue weighted by Crippen LogP contribution is 2.11. The average Bonchev–Trinajstić information content (AvgIpc) is 2.19. The van der Waals surface area contributed by atoms with Crippen LogP contribution in [0.25, 0.3) is 0 Å². The molecule has 0 saturated carbocycles. The number of hydrogen-bond donors (Lipinski definition) is 1. The first-order valence-corrected chi connectivity index (χ1v) is 4.50. The molecule has 0 aliphatic carbocycles. The van der Waals surface area contributed by atoms with E-state index >= 15 is 0 Å². The normalized spacial score (nSPS) is 9.14. The van der Waals surface area contributed by atoms with Gasteiger partial charge in [-0.05, 0) is 25.5 Å². The van der Waals surface area contributed by atoms with Gasteiger partial charge in [-0.1, -0.05) is 6.08 Å². The molecule has 72 valence electrons. The Morgan fingerprint density at radius 3 is 3.07 bits per heavy atom. The molecule has 0 fully saturated rings. The van der Waals surface area contributed by atoms with Crippen LogP contribution < -0.4 is 5.32 Å². The van der Waals surface area contributed by atoms with E-state index in [0.717, 1.165) is 18.7 Å². The van der Waals surface area contributed by atoms with Crippen LogP contribution in [0.2, 0.25) is 0 Å². The zero-order valence-electron chi connectivity index (χ0n) is 8.25. The zero-order chi connectivity index (χ0) is 10.4. The number of anilines is 1. The summed E-state index contributed by atoms with van der Waals surface area (Å²) >= 11 is 0. The van der Waals surface area contributed by atoms with E-state index in [1.54, 1.807) is 6.07 Å². The van der Waals surface area contributed by atoms with Crippen LogP contribution in [0.4, 0.5) is 5.82 Å². The molecule has 0 aromatic carbocycles. The maximum Gasteiger partial charge on any atom is 0.144 e. The van der Waals surface area contributed by atoms with Crippen molar-refractivity contribution in [2.24, 2.45) is 0 Å². The topological polar surface area (TPSA) is 48.7 Å². The van der Waals surface area contributed by atoms with Gasteiger partial charge in [-0.3, -0.25) is 0 Å². The Labute approximate surface area is 84.1 Å². The second-order valence-corrected chi connectivity index (χ2v) is 2.96. The molecule has 1 N–H and O–H groups in total. The summed E-state index contributed by atoms with van der Waals surface area (Å²) in [5.41, 5.74) is 1.49. The van der Waals surface area contributed by atoms with Crippen molar-refractivity contribution < 1.29 is 0 Å². The lowest BCUT2D eigenvalue weighted by atomic mass is 10.2. The van der Waals surface area contributed by atoms with Crippen LogP contribution in [0.1, 0.15) is 17.7 Å². The molecule has 0 aliphatic heterocycles. The summed E-state index contributed by atoms with van der Waals surface area (Å²) in [4.78, 5) is 4.25. The van der Waals surface area contributed by atoms with Gasteiger partial charge in [-0.15, -0.1) is 6.58 Å². The van der Waals surface area contributed by atoms with Gasteiger partial charge in [0.15, 0.2) is 0 Å². The van der Waals surface area contributed by atoms with Crippen molar-refractivity contribution in [3.8, 4) is 6.07 Å². The number of pyridine rings is 1. The summed E-state index contributed by atoms with van der Waals surface area (Å²) in [6, 6.07) is 5.71. The Morgan fingerprint density at radius 2 is 2.43 bits per heavy atom. The van der Waals surface area contributed by atoms with Gasteiger partial charge in [-0.2, -0.15) is 5.26 Å². The third-order valence-electron chi connectivity index (χ3n) is 1.80. The van der Waals surface area contributed by atoms with Crippen LogP contribution in [0.5, 0.6) is 0 Å². The summed E-state index contributed by atoms with van der Waals surface area (Å²) in [5, 5.41) is 11.9. The first kappa shape index (κ1) is 10.3. The molecule has 1 aromatic heterocycles. The highest BCUT2D eigenvalue weighted by atomic mass is 15.0. The molecule has 0 radical (unpaired) electrons. The number of aryl methyl sites for hydroxylation is 1. The first-order valence-electron chi connectivity index (χ1n) is 4.50. The number of nitrogens with zero attached hydrogens (tertiary/aromatic N) is 2. The number of nitriles is 1. The van der Waals surface area contributed by atoms with Gasteiger partial charge in [0.1, 0.15) is 11.9 Å². The molecular weight excluding hydrogens is 174 g/mol. The van der Waals surface area contributed by atoms with Crippen LogP contribution in [-0.4, -0.2) is 11.5 Å². The van der Waals surface area contributed by atoms with Crippen LogP contribution in [0.15, 0.2) is 24.8 Å². The number of nitrogens with one attached hydrogen (secondary N) is 1. The van der Waals surface area contributed by atoms with Crippen molar-refractivity contribution in [3.05, 3.63) is 36.0 Å². The van der Waals surface area contributed by atoms with Crippen molar-refractivity contribution in [3.63, 3.8) is 0 Å². The second kappa shape index (κ2) is 5.03. The van der Waals surface area contributed by atoms with Crippen LogP contribution >= 0.6 is 0 Å². The van der Waals surface area contributed by atoms with Crippen molar-refractivity contribution in [1.29, 1.82) is 5.26 Å². The molecular formula is C11H13N3. The van der Waals surface area contributed by atoms with E-state index in [0.29, 0.717) is 11.4 Å². The second-order valence-electron chi connectivity index (χ2n) is 2.96. The molecule has 0 atom stereocenters.